The molecule has 0 aliphatic heterocycles. The van der Waals surface area contributed by atoms with Crippen LogP contribution in [0.5, 0.6) is 0 Å². The smallest absolute Gasteiger partial charge is 0.164 e. The van der Waals surface area contributed by atoms with Crippen LogP contribution in [0.4, 0.5) is 0 Å². The lowest BCUT2D eigenvalue weighted by atomic mass is 9.55. The van der Waals surface area contributed by atoms with Crippen molar-refractivity contribution >= 4 is 21.8 Å². The third-order valence-electron chi connectivity index (χ3n) is 11.0. The largest absolute Gasteiger partial charge is 0.309 e. The molecule has 0 bridgehead atoms. The van der Waals surface area contributed by atoms with Crippen molar-refractivity contribution in [1.29, 1.82) is 0 Å². The Labute approximate surface area is 286 Å². The molecule has 0 saturated heterocycles. The second-order valence-corrected chi connectivity index (χ2v) is 14.1. The van der Waals surface area contributed by atoms with Gasteiger partial charge in [0.15, 0.2) is 17.5 Å². The van der Waals surface area contributed by atoms with Crippen molar-refractivity contribution in [3.63, 3.8) is 0 Å². The molecule has 0 spiro atoms. The second-order valence-electron chi connectivity index (χ2n) is 14.1. The van der Waals surface area contributed by atoms with Gasteiger partial charge in [-0.05, 0) is 45.7 Å². The number of aromatic nitrogens is 4. The maximum Gasteiger partial charge on any atom is 0.164 e. The highest BCUT2D eigenvalue weighted by atomic mass is 15.0. The van der Waals surface area contributed by atoms with Crippen molar-refractivity contribution in [2.45, 2.75) is 38.5 Å². The molecule has 236 valence electrons. The van der Waals surface area contributed by atoms with Gasteiger partial charge in [0.2, 0.25) is 0 Å². The quantitative estimate of drug-likeness (QED) is 0.194. The number of hydrogen-bond acceptors (Lipinski definition) is 3. The Hall–Kier alpha value is -5.87. The second kappa shape index (κ2) is 10.8. The number of fused-ring (bicyclic) bond motifs is 7. The van der Waals surface area contributed by atoms with Crippen LogP contribution in [-0.2, 0) is 10.8 Å². The maximum atomic E-state index is 5.05. The van der Waals surface area contributed by atoms with Gasteiger partial charge >= 0.3 is 0 Å². The van der Waals surface area contributed by atoms with Gasteiger partial charge in [-0.15, -0.1) is 0 Å². The molecule has 0 fully saturated rings. The van der Waals surface area contributed by atoms with Crippen LogP contribution in [0.25, 0.3) is 72.8 Å². The summed E-state index contributed by atoms with van der Waals surface area (Å²) in [5.41, 5.74) is 11.6. The zero-order chi connectivity index (χ0) is 33.3. The first kappa shape index (κ1) is 29.3. The highest BCUT2D eigenvalue weighted by molar-refractivity contribution is 6.15. The van der Waals surface area contributed by atoms with Crippen LogP contribution in [-0.4, -0.2) is 19.5 Å². The first-order chi connectivity index (χ1) is 23.8. The molecular weight excluding hydrogens is 597 g/mol. The predicted molar refractivity (Wildman–Crippen MR) is 202 cm³/mol. The van der Waals surface area contributed by atoms with E-state index < -0.39 is 0 Å². The molecule has 0 unspecified atom stereocenters. The van der Waals surface area contributed by atoms with Crippen molar-refractivity contribution < 1.29 is 0 Å². The van der Waals surface area contributed by atoms with E-state index in [1.807, 2.05) is 60.7 Å². The molecule has 4 heteroatoms. The Morgan fingerprint density at radius 1 is 0.449 bits per heavy atom. The first-order valence-corrected chi connectivity index (χ1v) is 17.0. The standard InChI is InChI=1S/C45H36N4/c1-44(2)36-24-13-11-23-35(36)39-37(45(44,3)4)27-26-34-33-22-12-14-25-38(33)49(40(34)39)32-21-15-20-31(28-32)43-47-41(29-16-7-5-8-17-29)46-42(48-43)30-18-9-6-10-19-30/h5-28H,1-4H3. The van der Waals surface area contributed by atoms with Gasteiger partial charge < -0.3 is 4.57 Å². The Balaban J connectivity index is 1.32. The molecule has 49 heavy (non-hydrogen) atoms. The zero-order valence-electron chi connectivity index (χ0n) is 28.1. The maximum absolute atomic E-state index is 5.05. The normalized spacial score (nSPS) is 14.4. The minimum absolute atomic E-state index is 0.0490. The van der Waals surface area contributed by atoms with Gasteiger partial charge in [-0.25, -0.2) is 15.0 Å². The van der Waals surface area contributed by atoms with E-state index in [0.29, 0.717) is 17.5 Å². The van der Waals surface area contributed by atoms with Gasteiger partial charge in [-0.3, -0.25) is 0 Å². The van der Waals surface area contributed by atoms with Gasteiger partial charge in [0.05, 0.1) is 11.0 Å². The van der Waals surface area contributed by atoms with Crippen LogP contribution >= 0.6 is 0 Å². The minimum atomic E-state index is -0.0967. The number of hydrogen-bond donors (Lipinski definition) is 0. The van der Waals surface area contributed by atoms with Crippen LogP contribution in [0.15, 0.2) is 146 Å². The van der Waals surface area contributed by atoms with Gasteiger partial charge in [-0.2, -0.15) is 0 Å². The molecule has 8 aromatic rings. The Bertz CT molecular complexity index is 2480. The molecule has 4 nitrogen and oxygen atoms in total. The Kier molecular flexibility index (Phi) is 6.47. The molecule has 0 radical (unpaired) electrons. The van der Waals surface area contributed by atoms with Gasteiger partial charge in [-0.1, -0.05) is 155 Å². The van der Waals surface area contributed by atoms with E-state index in [-0.39, 0.29) is 10.8 Å². The average molecular weight is 633 g/mol. The van der Waals surface area contributed by atoms with E-state index in [0.717, 1.165) is 22.4 Å². The summed E-state index contributed by atoms with van der Waals surface area (Å²) in [4.78, 5) is 15.0. The Morgan fingerprint density at radius 3 is 1.69 bits per heavy atom. The molecular formula is C45H36N4. The highest BCUT2D eigenvalue weighted by Crippen LogP contribution is 2.56. The lowest BCUT2D eigenvalue weighted by molar-refractivity contribution is 0.299. The van der Waals surface area contributed by atoms with E-state index in [1.165, 1.54) is 44.1 Å². The number of rotatable bonds is 4. The average Bonchev–Trinajstić information content (AvgIpc) is 3.49. The Morgan fingerprint density at radius 2 is 1.00 bits per heavy atom. The topological polar surface area (TPSA) is 43.6 Å². The fourth-order valence-electron chi connectivity index (χ4n) is 7.76. The van der Waals surface area contributed by atoms with Crippen molar-refractivity contribution in [3.8, 4) is 51.0 Å². The number of benzene rings is 6. The third-order valence-corrected chi connectivity index (χ3v) is 11.0. The first-order valence-electron chi connectivity index (χ1n) is 17.0. The van der Waals surface area contributed by atoms with E-state index in [9.17, 15) is 0 Å². The van der Waals surface area contributed by atoms with Crippen molar-refractivity contribution in [2.75, 3.05) is 0 Å². The molecule has 0 atom stereocenters. The van der Waals surface area contributed by atoms with Gasteiger partial charge in [0, 0.05) is 38.7 Å². The van der Waals surface area contributed by atoms with Crippen LogP contribution in [0.1, 0.15) is 38.8 Å². The summed E-state index contributed by atoms with van der Waals surface area (Å²) in [6, 6.07) is 51.4. The van der Waals surface area contributed by atoms with Crippen LogP contribution in [0.3, 0.4) is 0 Å². The minimum Gasteiger partial charge on any atom is -0.309 e. The van der Waals surface area contributed by atoms with Crippen LogP contribution < -0.4 is 0 Å². The molecule has 6 aromatic carbocycles. The third kappa shape index (κ3) is 4.40. The summed E-state index contributed by atoms with van der Waals surface area (Å²) in [6.07, 6.45) is 0. The lowest BCUT2D eigenvalue weighted by Gasteiger charge is -2.48. The monoisotopic (exact) mass is 632 g/mol. The van der Waals surface area contributed by atoms with E-state index >= 15 is 0 Å². The van der Waals surface area contributed by atoms with Crippen LogP contribution in [0, 0.1) is 0 Å². The molecule has 1 aliphatic rings. The molecule has 2 heterocycles. The number of nitrogens with zero attached hydrogens (tertiary/aromatic N) is 4. The van der Waals surface area contributed by atoms with E-state index in [2.05, 4.69) is 117 Å². The van der Waals surface area contributed by atoms with Crippen LogP contribution in [0.2, 0.25) is 0 Å². The summed E-state index contributed by atoms with van der Waals surface area (Å²) in [7, 11) is 0. The summed E-state index contributed by atoms with van der Waals surface area (Å²) in [6.45, 7) is 9.58. The van der Waals surface area contributed by atoms with Crippen molar-refractivity contribution in [2.24, 2.45) is 0 Å². The molecule has 2 aromatic heterocycles. The number of para-hydroxylation sites is 1. The molecule has 9 rings (SSSR count). The SMILES string of the molecule is CC1(C)c2ccccc2-c2c(ccc3c4ccccc4n(-c4cccc(-c5nc(-c6ccccc6)nc(-c6ccccc6)n5)c4)c23)C1(C)C. The zero-order valence-corrected chi connectivity index (χ0v) is 28.1. The summed E-state index contributed by atoms with van der Waals surface area (Å²) >= 11 is 0. The summed E-state index contributed by atoms with van der Waals surface area (Å²) in [5.74, 6) is 1.95. The van der Waals surface area contributed by atoms with Crippen molar-refractivity contribution in [3.05, 3.63) is 157 Å². The van der Waals surface area contributed by atoms with Crippen molar-refractivity contribution in [1.82, 2.24) is 19.5 Å². The molecule has 1 aliphatic carbocycles. The fraction of sp³-hybridized carbons (Fsp3) is 0.133. The predicted octanol–water partition coefficient (Wildman–Crippen LogP) is 11.2. The fourth-order valence-corrected chi connectivity index (χ4v) is 7.76. The summed E-state index contributed by atoms with van der Waals surface area (Å²) in [5, 5.41) is 2.49. The lowest BCUT2D eigenvalue weighted by Crippen LogP contribution is -2.43. The van der Waals surface area contributed by atoms with Gasteiger partial charge in [0.1, 0.15) is 0 Å². The molecule has 0 N–H and O–H groups in total. The summed E-state index contributed by atoms with van der Waals surface area (Å²) < 4.78 is 2.45. The van der Waals surface area contributed by atoms with E-state index in [1.54, 1.807) is 0 Å². The van der Waals surface area contributed by atoms with Gasteiger partial charge in [0.25, 0.3) is 0 Å². The van der Waals surface area contributed by atoms with E-state index in [4.69, 9.17) is 15.0 Å². The molecule has 0 amide bonds. The highest BCUT2D eigenvalue weighted by Gasteiger charge is 2.46. The molecule has 0 saturated carbocycles.